The van der Waals surface area contributed by atoms with Crippen LogP contribution in [0.1, 0.15) is 36.6 Å². The summed E-state index contributed by atoms with van der Waals surface area (Å²) < 4.78 is 5.61. The first kappa shape index (κ1) is 22.3. The molecule has 1 aromatic carbocycles. The molecule has 0 spiro atoms. The highest BCUT2D eigenvalue weighted by atomic mass is 32.2. The highest BCUT2D eigenvalue weighted by Gasteiger charge is 2.28. The zero-order valence-corrected chi connectivity index (χ0v) is 19.2. The normalized spacial score (nSPS) is 15.5. The number of benzene rings is 1. The first-order chi connectivity index (χ1) is 15.6. The van der Waals surface area contributed by atoms with Gasteiger partial charge >= 0.3 is 6.09 Å². The van der Waals surface area contributed by atoms with Crippen LogP contribution in [-0.4, -0.2) is 54.9 Å². The minimum atomic E-state index is -0.279. The van der Waals surface area contributed by atoms with E-state index in [1.807, 2.05) is 36.5 Å². The van der Waals surface area contributed by atoms with Crippen LogP contribution < -0.4 is 4.74 Å². The van der Waals surface area contributed by atoms with Gasteiger partial charge in [0, 0.05) is 30.2 Å². The summed E-state index contributed by atoms with van der Waals surface area (Å²) in [6.07, 6.45) is 5.23. The molecule has 3 aromatic rings. The number of amides is 1. The van der Waals surface area contributed by atoms with Crippen molar-refractivity contribution in [2.75, 3.05) is 13.1 Å². The number of nitrogens with zero attached hydrogens (tertiary/aromatic N) is 5. The van der Waals surface area contributed by atoms with E-state index in [1.165, 1.54) is 11.1 Å². The molecule has 1 atom stereocenters. The molecule has 2 aromatic heterocycles. The number of tetrazole rings is 1. The largest absolute Gasteiger partial charge is 0.415 e. The molecule has 0 radical (unpaired) electrons. The molecule has 32 heavy (non-hydrogen) atoms. The first-order valence-corrected chi connectivity index (χ1v) is 11.8. The van der Waals surface area contributed by atoms with Crippen molar-refractivity contribution in [1.82, 2.24) is 30.5 Å². The molecule has 8 nitrogen and oxygen atoms in total. The third-order valence-corrected chi connectivity index (χ3v) is 7.12. The second-order valence-corrected chi connectivity index (χ2v) is 9.47. The fourth-order valence-corrected chi connectivity index (χ4v) is 4.93. The van der Waals surface area contributed by atoms with Gasteiger partial charge in [0.25, 0.3) is 0 Å². The highest BCUT2D eigenvalue weighted by molar-refractivity contribution is 7.99. The summed E-state index contributed by atoms with van der Waals surface area (Å²) in [5, 5.41) is 15.1. The van der Waals surface area contributed by atoms with Gasteiger partial charge in [-0.25, -0.2) is 4.79 Å². The maximum Gasteiger partial charge on any atom is 0.415 e. The summed E-state index contributed by atoms with van der Waals surface area (Å²) in [4.78, 5) is 18.8. The van der Waals surface area contributed by atoms with Crippen LogP contribution in [0, 0.1) is 12.8 Å². The summed E-state index contributed by atoms with van der Waals surface area (Å²) in [7, 11) is 0. The monoisotopic (exact) mass is 452 g/mol. The van der Waals surface area contributed by atoms with Gasteiger partial charge < -0.3 is 9.64 Å². The molecule has 1 fully saturated rings. The number of H-pyrrole nitrogens is 1. The number of likely N-dealkylation sites (tertiary alicyclic amines) is 1. The number of pyridine rings is 1. The van der Waals surface area contributed by atoms with Crippen molar-refractivity contribution in [3.8, 4) is 5.75 Å². The van der Waals surface area contributed by atoms with Crippen molar-refractivity contribution in [3.63, 3.8) is 0 Å². The number of aromatic amines is 1. The van der Waals surface area contributed by atoms with Crippen LogP contribution in [0.5, 0.6) is 5.75 Å². The van der Waals surface area contributed by atoms with Crippen LogP contribution in [0.25, 0.3) is 0 Å². The van der Waals surface area contributed by atoms with E-state index in [4.69, 9.17) is 4.74 Å². The molecule has 0 saturated carbocycles. The predicted molar refractivity (Wildman–Crippen MR) is 123 cm³/mol. The molecule has 4 rings (SSSR count). The van der Waals surface area contributed by atoms with Crippen molar-refractivity contribution in [1.29, 1.82) is 0 Å². The SMILES string of the molecule is Cc1cccnc1CCc1ccc(OC(=O)N2CCC(C(C)Sc3nn[nH]n3)CC2)cc1. The Labute approximate surface area is 192 Å². The highest BCUT2D eigenvalue weighted by Crippen LogP contribution is 2.31. The lowest BCUT2D eigenvalue weighted by molar-refractivity contribution is 0.131. The molecule has 1 saturated heterocycles. The van der Waals surface area contributed by atoms with E-state index in [9.17, 15) is 4.79 Å². The Kier molecular flexibility index (Phi) is 7.36. The van der Waals surface area contributed by atoms with Crippen molar-refractivity contribution in [2.24, 2.45) is 5.92 Å². The van der Waals surface area contributed by atoms with Crippen LogP contribution in [0.15, 0.2) is 47.8 Å². The van der Waals surface area contributed by atoms with E-state index < -0.39 is 0 Å². The number of thioether (sulfide) groups is 1. The molecule has 1 amide bonds. The number of hydrogen-bond donors (Lipinski definition) is 1. The zero-order chi connectivity index (χ0) is 22.3. The Bertz CT molecular complexity index is 1000. The van der Waals surface area contributed by atoms with Crippen molar-refractivity contribution in [3.05, 3.63) is 59.4 Å². The third kappa shape index (κ3) is 5.85. The molecule has 1 aliphatic rings. The summed E-state index contributed by atoms with van der Waals surface area (Å²) >= 11 is 1.62. The number of carbonyl (C=O) groups is 1. The summed E-state index contributed by atoms with van der Waals surface area (Å²) in [6, 6.07) is 11.8. The molecule has 3 heterocycles. The van der Waals surface area contributed by atoms with Gasteiger partial charge in [-0.1, -0.05) is 36.9 Å². The quantitative estimate of drug-likeness (QED) is 0.540. The Balaban J connectivity index is 1.22. The van der Waals surface area contributed by atoms with Gasteiger partial charge in [0.05, 0.1) is 0 Å². The predicted octanol–water partition coefficient (Wildman–Crippen LogP) is 4.08. The lowest BCUT2D eigenvalue weighted by atomic mass is 9.94. The Morgan fingerprint density at radius 2 is 2.00 bits per heavy atom. The van der Waals surface area contributed by atoms with Gasteiger partial charge in [0.1, 0.15) is 5.75 Å². The lowest BCUT2D eigenvalue weighted by Crippen LogP contribution is -2.41. The van der Waals surface area contributed by atoms with Crippen LogP contribution in [0.2, 0.25) is 0 Å². The number of piperidine rings is 1. The zero-order valence-electron chi connectivity index (χ0n) is 18.4. The van der Waals surface area contributed by atoms with Crippen molar-refractivity contribution >= 4 is 17.9 Å². The minimum absolute atomic E-state index is 0.279. The lowest BCUT2D eigenvalue weighted by Gasteiger charge is -2.33. The summed E-state index contributed by atoms with van der Waals surface area (Å²) in [6.45, 7) is 5.65. The summed E-state index contributed by atoms with van der Waals surface area (Å²) in [5.74, 6) is 1.08. The molecule has 1 aliphatic heterocycles. The standard InChI is InChI=1S/C23H28N6O2S/c1-16-4-3-13-24-21(16)10-7-18-5-8-20(9-6-18)31-23(30)29-14-11-19(12-15-29)17(2)32-22-25-27-28-26-22/h3-6,8-9,13,17,19H,7,10-12,14-15H2,1-2H3,(H,25,26,27,28). The maximum atomic E-state index is 12.6. The minimum Gasteiger partial charge on any atom is -0.410 e. The summed E-state index contributed by atoms with van der Waals surface area (Å²) in [5.41, 5.74) is 3.53. The van der Waals surface area contributed by atoms with Crippen LogP contribution >= 0.6 is 11.8 Å². The smallest absolute Gasteiger partial charge is 0.410 e. The fourth-order valence-electron chi connectivity index (χ4n) is 3.95. The molecule has 0 aliphatic carbocycles. The Hall–Kier alpha value is -2.94. The van der Waals surface area contributed by atoms with Crippen molar-refractivity contribution in [2.45, 2.75) is 49.9 Å². The number of carbonyl (C=O) groups excluding carboxylic acids is 1. The second kappa shape index (κ2) is 10.6. The number of aryl methyl sites for hydroxylation is 3. The van der Waals surface area contributed by atoms with Crippen molar-refractivity contribution < 1.29 is 9.53 Å². The van der Waals surface area contributed by atoms with E-state index >= 15 is 0 Å². The van der Waals surface area contributed by atoms with E-state index in [-0.39, 0.29) is 6.09 Å². The molecule has 9 heteroatoms. The molecular formula is C23H28N6O2S. The Morgan fingerprint density at radius 1 is 1.22 bits per heavy atom. The number of nitrogens with one attached hydrogen (secondary N) is 1. The molecule has 1 N–H and O–H groups in total. The Morgan fingerprint density at radius 3 is 2.69 bits per heavy atom. The van der Waals surface area contributed by atoms with E-state index in [2.05, 4.69) is 45.5 Å². The van der Waals surface area contributed by atoms with E-state index in [0.717, 1.165) is 31.4 Å². The molecule has 168 valence electrons. The average Bonchev–Trinajstić information content (AvgIpc) is 3.32. The third-order valence-electron chi connectivity index (χ3n) is 5.98. The van der Waals surface area contributed by atoms with Gasteiger partial charge in [-0.05, 0) is 73.1 Å². The van der Waals surface area contributed by atoms with Crippen LogP contribution in [0.4, 0.5) is 4.79 Å². The molecular weight excluding hydrogens is 424 g/mol. The van der Waals surface area contributed by atoms with E-state index in [0.29, 0.717) is 35.2 Å². The fraction of sp³-hybridized carbons (Fsp3) is 0.435. The van der Waals surface area contributed by atoms with Gasteiger partial charge in [-0.3, -0.25) is 4.98 Å². The molecule has 1 unspecified atom stereocenters. The number of aromatic nitrogens is 5. The number of hydrogen-bond acceptors (Lipinski definition) is 7. The van der Waals surface area contributed by atoms with Gasteiger partial charge in [-0.15, -0.1) is 10.2 Å². The van der Waals surface area contributed by atoms with E-state index in [1.54, 1.807) is 16.7 Å². The van der Waals surface area contributed by atoms with Gasteiger partial charge in [0.15, 0.2) is 0 Å². The first-order valence-electron chi connectivity index (χ1n) is 10.9. The average molecular weight is 453 g/mol. The topological polar surface area (TPSA) is 96.9 Å². The molecule has 0 bridgehead atoms. The maximum absolute atomic E-state index is 12.6. The van der Waals surface area contributed by atoms with Gasteiger partial charge in [0.2, 0.25) is 5.16 Å². The number of rotatable bonds is 7. The van der Waals surface area contributed by atoms with Gasteiger partial charge in [-0.2, -0.15) is 5.21 Å². The second-order valence-electron chi connectivity index (χ2n) is 8.12. The van der Waals surface area contributed by atoms with Crippen LogP contribution in [-0.2, 0) is 12.8 Å². The van der Waals surface area contributed by atoms with Crippen LogP contribution in [0.3, 0.4) is 0 Å². The number of ether oxygens (including phenoxy) is 1.